The zero-order chi connectivity index (χ0) is 20.5. The highest BCUT2D eigenvalue weighted by Gasteiger charge is 2.11. The summed E-state index contributed by atoms with van der Waals surface area (Å²) in [5.74, 6) is 0.205. The van der Waals surface area contributed by atoms with Gasteiger partial charge in [-0.15, -0.1) is 0 Å². The van der Waals surface area contributed by atoms with Crippen molar-refractivity contribution in [2.24, 2.45) is 0 Å². The Labute approximate surface area is 184 Å². The van der Waals surface area contributed by atoms with Crippen LogP contribution in [-0.2, 0) is 9.59 Å². The summed E-state index contributed by atoms with van der Waals surface area (Å²) in [6.07, 6.45) is 0. The van der Waals surface area contributed by atoms with Crippen molar-refractivity contribution in [1.29, 1.82) is 0 Å². The molecule has 2 aromatic carbocycles. The van der Waals surface area contributed by atoms with Crippen LogP contribution in [0, 0.1) is 6.92 Å². The molecule has 0 spiro atoms. The van der Waals surface area contributed by atoms with E-state index in [1.807, 2.05) is 25.1 Å². The lowest BCUT2D eigenvalue weighted by molar-refractivity contribution is -0.124. The molecule has 2 amide bonds. The predicted octanol–water partition coefficient (Wildman–Crippen LogP) is 3.00. The number of halogens is 2. The van der Waals surface area contributed by atoms with Crippen LogP contribution in [0.4, 0.5) is 0 Å². The van der Waals surface area contributed by atoms with Crippen molar-refractivity contribution in [2.75, 3.05) is 13.2 Å². The van der Waals surface area contributed by atoms with Crippen LogP contribution in [-0.4, -0.2) is 30.1 Å². The number of thiocarbonyl (C=S) groups is 1. The molecular weight excluding hydrogens is 514 g/mol. The molecule has 0 heterocycles. The first-order chi connectivity index (χ1) is 13.3. The van der Waals surface area contributed by atoms with Crippen LogP contribution in [0.2, 0.25) is 0 Å². The van der Waals surface area contributed by atoms with E-state index in [0.29, 0.717) is 11.5 Å². The highest BCUT2D eigenvalue weighted by molar-refractivity contribution is 9.11. The molecule has 7 nitrogen and oxygen atoms in total. The predicted molar refractivity (Wildman–Crippen MR) is 116 cm³/mol. The van der Waals surface area contributed by atoms with Crippen LogP contribution in [0.25, 0.3) is 0 Å². The molecule has 28 heavy (non-hydrogen) atoms. The average molecular weight is 531 g/mol. The Balaban J connectivity index is 1.69. The molecule has 2 rings (SSSR count). The second-order valence-electron chi connectivity index (χ2n) is 5.47. The maximum atomic E-state index is 11.9. The molecule has 0 aromatic heterocycles. The number of para-hydroxylation sites is 1. The minimum atomic E-state index is -0.466. The number of benzene rings is 2. The average Bonchev–Trinajstić information content (AvgIpc) is 2.64. The second-order valence-corrected chi connectivity index (χ2v) is 7.65. The third-order valence-corrected chi connectivity index (χ3v) is 4.47. The van der Waals surface area contributed by atoms with Gasteiger partial charge in [-0.1, -0.05) is 34.1 Å². The molecule has 0 aliphatic heterocycles. The minimum absolute atomic E-state index is 0.0592. The molecular formula is C18H17Br2N3O4S. The van der Waals surface area contributed by atoms with E-state index < -0.39 is 11.8 Å². The SMILES string of the molecule is Cc1cc(Br)cc(Br)c1OCC(=O)NNC(=S)NC(=O)COc1ccccc1. The molecule has 0 aliphatic carbocycles. The van der Waals surface area contributed by atoms with Gasteiger partial charge in [0.1, 0.15) is 11.5 Å². The van der Waals surface area contributed by atoms with Gasteiger partial charge in [-0.25, -0.2) is 0 Å². The van der Waals surface area contributed by atoms with Gasteiger partial charge >= 0.3 is 0 Å². The van der Waals surface area contributed by atoms with Crippen LogP contribution in [0.5, 0.6) is 11.5 Å². The van der Waals surface area contributed by atoms with Crippen LogP contribution < -0.4 is 25.6 Å². The van der Waals surface area contributed by atoms with E-state index in [1.54, 1.807) is 24.3 Å². The number of nitrogens with one attached hydrogen (secondary N) is 3. The highest BCUT2D eigenvalue weighted by Crippen LogP contribution is 2.32. The number of carbonyl (C=O) groups is 2. The maximum Gasteiger partial charge on any atom is 0.276 e. The zero-order valence-corrected chi connectivity index (χ0v) is 18.7. The van der Waals surface area contributed by atoms with Crippen LogP contribution in [0.15, 0.2) is 51.4 Å². The molecule has 10 heteroatoms. The third-order valence-electron chi connectivity index (χ3n) is 3.22. The molecule has 0 fully saturated rings. The molecule has 148 valence electrons. The Kier molecular flexibility index (Phi) is 8.68. The van der Waals surface area contributed by atoms with Gasteiger partial charge in [0.15, 0.2) is 18.3 Å². The number of hydrogen-bond donors (Lipinski definition) is 3. The van der Waals surface area contributed by atoms with Crippen LogP contribution in [0.1, 0.15) is 5.56 Å². The number of aryl methyl sites for hydroxylation is 1. The highest BCUT2D eigenvalue weighted by atomic mass is 79.9. The van der Waals surface area contributed by atoms with Gasteiger partial charge in [-0.3, -0.25) is 25.8 Å². The Morgan fingerprint density at radius 3 is 2.36 bits per heavy atom. The van der Waals surface area contributed by atoms with E-state index in [-0.39, 0.29) is 18.3 Å². The molecule has 0 bridgehead atoms. The zero-order valence-electron chi connectivity index (χ0n) is 14.8. The van der Waals surface area contributed by atoms with Gasteiger partial charge < -0.3 is 9.47 Å². The lowest BCUT2D eigenvalue weighted by Gasteiger charge is -2.13. The van der Waals surface area contributed by atoms with Gasteiger partial charge in [0, 0.05) is 4.47 Å². The van der Waals surface area contributed by atoms with E-state index >= 15 is 0 Å². The van der Waals surface area contributed by atoms with Gasteiger partial charge in [0.2, 0.25) is 0 Å². The Hall–Kier alpha value is -2.17. The van der Waals surface area contributed by atoms with Gasteiger partial charge in [0.25, 0.3) is 11.8 Å². The van der Waals surface area contributed by atoms with Gasteiger partial charge in [-0.2, -0.15) is 0 Å². The molecule has 3 N–H and O–H groups in total. The molecule has 0 unspecified atom stereocenters. The lowest BCUT2D eigenvalue weighted by atomic mass is 10.2. The minimum Gasteiger partial charge on any atom is -0.484 e. The van der Waals surface area contributed by atoms with Crippen LogP contribution >= 0.6 is 44.1 Å². The summed E-state index contributed by atoms with van der Waals surface area (Å²) in [7, 11) is 0. The van der Waals surface area contributed by atoms with Crippen molar-refractivity contribution in [3.8, 4) is 11.5 Å². The molecule has 0 radical (unpaired) electrons. The molecule has 2 aromatic rings. The number of amides is 2. The van der Waals surface area contributed by atoms with Crippen molar-refractivity contribution in [2.45, 2.75) is 6.92 Å². The van der Waals surface area contributed by atoms with Crippen molar-refractivity contribution in [3.05, 3.63) is 57.0 Å². The monoisotopic (exact) mass is 529 g/mol. The van der Waals surface area contributed by atoms with Gasteiger partial charge in [-0.05, 0) is 64.9 Å². The molecule has 0 aliphatic rings. The quantitative estimate of drug-likeness (QED) is 0.393. The summed E-state index contributed by atoms with van der Waals surface area (Å²) in [6.45, 7) is 1.42. The number of rotatable bonds is 6. The van der Waals surface area contributed by atoms with Crippen molar-refractivity contribution in [3.63, 3.8) is 0 Å². The Morgan fingerprint density at radius 2 is 1.68 bits per heavy atom. The number of hydrazine groups is 1. The summed E-state index contributed by atoms with van der Waals surface area (Å²) in [5.41, 5.74) is 5.64. The first-order valence-corrected chi connectivity index (χ1v) is 9.99. The van der Waals surface area contributed by atoms with Crippen molar-refractivity contribution in [1.82, 2.24) is 16.2 Å². The fourth-order valence-corrected chi connectivity index (χ4v) is 3.75. The van der Waals surface area contributed by atoms with E-state index in [0.717, 1.165) is 14.5 Å². The first-order valence-electron chi connectivity index (χ1n) is 8.00. The largest absolute Gasteiger partial charge is 0.484 e. The lowest BCUT2D eigenvalue weighted by Crippen LogP contribution is -2.50. The van der Waals surface area contributed by atoms with Gasteiger partial charge in [0.05, 0.1) is 4.47 Å². The summed E-state index contributed by atoms with van der Waals surface area (Å²) in [6, 6.07) is 12.6. The Morgan fingerprint density at radius 1 is 1.00 bits per heavy atom. The molecule has 0 atom stereocenters. The normalized spacial score (nSPS) is 9.96. The molecule has 0 saturated heterocycles. The number of ether oxygens (including phenoxy) is 2. The van der Waals surface area contributed by atoms with E-state index in [4.69, 9.17) is 21.7 Å². The third kappa shape index (κ3) is 7.45. The second kappa shape index (κ2) is 11.0. The fraction of sp³-hybridized carbons (Fsp3) is 0.167. The topological polar surface area (TPSA) is 88.7 Å². The summed E-state index contributed by atoms with van der Waals surface area (Å²) >= 11 is 11.7. The van der Waals surface area contributed by atoms with Crippen molar-refractivity contribution < 1.29 is 19.1 Å². The fourth-order valence-electron chi connectivity index (χ4n) is 2.03. The number of carbonyl (C=O) groups excluding carboxylic acids is 2. The van der Waals surface area contributed by atoms with Crippen molar-refractivity contribution >= 4 is 61.0 Å². The van der Waals surface area contributed by atoms with E-state index in [2.05, 4.69) is 48.0 Å². The number of hydrogen-bond acceptors (Lipinski definition) is 5. The summed E-state index contributed by atoms with van der Waals surface area (Å²) < 4.78 is 12.4. The first kappa shape index (κ1) is 22.1. The maximum absolute atomic E-state index is 11.9. The molecule has 0 saturated carbocycles. The smallest absolute Gasteiger partial charge is 0.276 e. The Bertz CT molecular complexity index is 842. The van der Waals surface area contributed by atoms with E-state index in [9.17, 15) is 9.59 Å². The van der Waals surface area contributed by atoms with Crippen LogP contribution in [0.3, 0.4) is 0 Å². The standard InChI is InChI=1S/C18H17Br2N3O4S/c1-11-7-12(19)8-14(20)17(11)27-10-16(25)22-23-18(28)21-15(24)9-26-13-5-3-2-4-6-13/h2-8H,9-10H2,1H3,(H,22,25)(H2,21,23,24,28). The summed E-state index contributed by atoms with van der Waals surface area (Å²) in [5, 5.41) is 2.33. The summed E-state index contributed by atoms with van der Waals surface area (Å²) in [4.78, 5) is 23.7. The van der Waals surface area contributed by atoms with E-state index in [1.165, 1.54) is 0 Å².